The maximum atomic E-state index is 6.42. The monoisotopic (exact) mass is 327 g/mol. The summed E-state index contributed by atoms with van der Waals surface area (Å²) in [6.45, 7) is 5.45. The lowest BCUT2D eigenvalue weighted by Gasteiger charge is -2.20. The molecule has 21 heavy (non-hydrogen) atoms. The Bertz CT molecular complexity index is 570. The highest BCUT2D eigenvalue weighted by Crippen LogP contribution is 2.36. The Morgan fingerprint density at radius 2 is 2.05 bits per heavy atom. The number of rotatable bonds is 7. The highest BCUT2D eigenvalue weighted by molar-refractivity contribution is 6.34. The van der Waals surface area contributed by atoms with Crippen LogP contribution < -0.4 is 10.1 Å². The van der Waals surface area contributed by atoms with Gasteiger partial charge in [-0.15, -0.1) is 0 Å². The van der Waals surface area contributed by atoms with Crippen molar-refractivity contribution in [2.24, 2.45) is 0 Å². The maximum absolute atomic E-state index is 6.42. The minimum atomic E-state index is -0.0515. The second kappa shape index (κ2) is 7.74. The van der Waals surface area contributed by atoms with Crippen LogP contribution in [0.2, 0.25) is 10.0 Å². The van der Waals surface area contributed by atoms with Crippen LogP contribution >= 0.6 is 23.2 Å². The summed E-state index contributed by atoms with van der Waals surface area (Å²) in [4.78, 5) is 0. The van der Waals surface area contributed by atoms with Crippen LogP contribution in [0, 0.1) is 0 Å². The molecule has 0 bridgehead atoms. The third-order valence-electron chi connectivity index (χ3n) is 3.14. The summed E-state index contributed by atoms with van der Waals surface area (Å²) >= 11 is 12.7. The minimum absolute atomic E-state index is 0.0515. The van der Waals surface area contributed by atoms with Crippen molar-refractivity contribution in [3.05, 3.63) is 51.9 Å². The van der Waals surface area contributed by atoms with E-state index in [4.69, 9.17) is 32.4 Å². The fourth-order valence-corrected chi connectivity index (χ4v) is 2.66. The molecule has 0 saturated carbocycles. The van der Waals surface area contributed by atoms with Gasteiger partial charge in [0.05, 0.1) is 30.2 Å². The van der Waals surface area contributed by atoms with E-state index >= 15 is 0 Å². The minimum Gasteiger partial charge on any atom is -0.492 e. The second-order valence-corrected chi connectivity index (χ2v) is 5.50. The molecule has 1 heterocycles. The van der Waals surface area contributed by atoms with Crippen molar-refractivity contribution in [3.8, 4) is 5.75 Å². The SMILES string of the molecule is CCCNC(c1ccoc1)c1cc(Cl)c(OCC)cc1Cl. The van der Waals surface area contributed by atoms with Crippen LogP contribution in [-0.4, -0.2) is 13.2 Å². The number of benzene rings is 1. The summed E-state index contributed by atoms with van der Waals surface area (Å²) in [5, 5.41) is 4.64. The third kappa shape index (κ3) is 3.94. The van der Waals surface area contributed by atoms with Crippen molar-refractivity contribution in [1.82, 2.24) is 5.32 Å². The van der Waals surface area contributed by atoms with Gasteiger partial charge >= 0.3 is 0 Å². The molecule has 0 aliphatic heterocycles. The Morgan fingerprint density at radius 1 is 1.24 bits per heavy atom. The first-order valence-corrected chi connectivity index (χ1v) is 7.80. The fraction of sp³-hybridized carbons (Fsp3) is 0.375. The number of halogens is 2. The van der Waals surface area contributed by atoms with Gasteiger partial charge in [0.15, 0.2) is 0 Å². The molecule has 1 atom stereocenters. The molecule has 0 fully saturated rings. The Labute approximate surface area is 135 Å². The smallest absolute Gasteiger partial charge is 0.139 e. The molecule has 0 spiro atoms. The average Bonchev–Trinajstić information content (AvgIpc) is 2.98. The summed E-state index contributed by atoms with van der Waals surface area (Å²) in [6, 6.07) is 5.50. The van der Waals surface area contributed by atoms with Crippen LogP contribution in [0.15, 0.2) is 35.1 Å². The van der Waals surface area contributed by atoms with Crippen LogP contribution in [0.4, 0.5) is 0 Å². The van der Waals surface area contributed by atoms with Gasteiger partial charge in [0.25, 0.3) is 0 Å². The van der Waals surface area contributed by atoms with E-state index in [9.17, 15) is 0 Å². The molecule has 0 aliphatic carbocycles. The molecule has 0 aliphatic rings. The van der Waals surface area contributed by atoms with Gasteiger partial charge < -0.3 is 14.5 Å². The highest BCUT2D eigenvalue weighted by atomic mass is 35.5. The van der Waals surface area contributed by atoms with Crippen molar-refractivity contribution in [3.63, 3.8) is 0 Å². The van der Waals surface area contributed by atoms with Crippen molar-refractivity contribution < 1.29 is 9.15 Å². The Hall–Kier alpha value is -1.16. The zero-order chi connectivity index (χ0) is 15.2. The quantitative estimate of drug-likeness (QED) is 0.770. The fourth-order valence-electron chi connectivity index (χ4n) is 2.17. The lowest BCUT2D eigenvalue weighted by molar-refractivity contribution is 0.340. The van der Waals surface area contributed by atoms with E-state index in [0.29, 0.717) is 22.4 Å². The van der Waals surface area contributed by atoms with Gasteiger partial charge in [-0.05, 0) is 37.6 Å². The van der Waals surface area contributed by atoms with Crippen LogP contribution in [0.3, 0.4) is 0 Å². The Balaban J connectivity index is 2.38. The Morgan fingerprint density at radius 3 is 2.67 bits per heavy atom. The second-order valence-electron chi connectivity index (χ2n) is 4.68. The lowest BCUT2D eigenvalue weighted by Crippen LogP contribution is -2.23. The van der Waals surface area contributed by atoms with Gasteiger partial charge in [-0.2, -0.15) is 0 Å². The first-order valence-electron chi connectivity index (χ1n) is 7.04. The summed E-state index contributed by atoms with van der Waals surface area (Å²) in [5.74, 6) is 0.606. The summed E-state index contributed by atoms with van der Waals surface area (Å²) in [5.41, 5.74) is 1.94. The van der Waals surface area contributed by atoms with E-state index in [2.05, 4.69) is 12.2 Å². The first-order chi connectivity index (χ1) is 10.2. The van der Waals surface area contributed by atoms with Crippen molar-refractivity contribution in [2.45, 2.75) is 26.3 Å². The standard InChI is InChI=1S/C16H19Cl2NO2/c1-3-6-19-16(11-5-7-20-10-11)12-8-14(18)15(21-4-2)9-13(12)17/h5,7-10,16,19H,3-4,6H2,1-2H3. The zero-order valence-electron chi connectivity index (χ0n) is 12.2. The molecule has 2 rings (SSSR count). The molecular formula is C16H19Cl2NO2. The van der Waals surface area contributed by atoms with Crippen LogP contribution in [0.25, 0.3) is 0 Å². The van der Waals surface area contributed by atoms with E-state index in [1.54, 1.807) is 18.6 Å². The first kappa shape index (κ1) is 16.2. The van der Waals surface area contributed by atoms with E-state index in [1.165, 1.54) is 0 Å². The molecule has 0 amide bonds. The van der Waals surface area contributed by atoms with E-state index in [-0.39, 0.29) is 6.04 Å². The molecule has 1 N–H and O–H groups in total. The van der Waals surface area contributed by atoms with Gasteiger partial charge in [0, 0.05) is 16.7 Å². The molecule has 0 radical (unpaired) electrons. The molecule has 2 aromatic rings. The number of ether oxygens (including phenoxy) is 1. The molecule has 0 saturated heterocycles. The van der Waals surface area contributed by atoms with Gasteiger partial charge in [0.1, 0.15) is 5.75 Å². The number of furan rings is 1. The highest BCUT2D eigenvalue weighted by Gasteiger charge is 2.19. The van der Waals surface area contributed by atoms with Crippen LogP contribution in [0.5, 0.6) is 5.75 Å². The molecule has 114 valence electrons. The van der Waals surface area contributed by atoms with Gasteiger partial charge in [-0.25, -0.2) is 0 Å². The van der Waals surface area contributed by atoms with E-state index in [0.717, 1.165) is 24.1 Å². The molecule has 3 nitrogen and oxygen atoms in total. The number of hydrogen-bond acceptors (Lipinski definition) is 3. The summed E-state index contributed by atoms with van der Waals surface area (Å²) in [7, 11) is 0. The van der Waals surface area contributed by atoms with Crippen LogP contribution in [0.1, 0.15) is 37.4 Å². The average molecular weight is 328 g/mol. The molecular weight excluding hydrogens is 309 g/mol. The molecule has 5 heteroatoms. The molecule has 1 aromatic heterocycles. The zero-order valence-corrected chi connectivity index (χ0v) is 13.7. The van der Waals surface area contributed by atoms with Crippen LogP contribution in [-0.2, 0) is 0 Å². The molecule has 1 unspecified atom stereocenters. The number of hydrogen-bond donors (Lipinski definition) is 1. The van der Waals surface area contributed by atoms with Crippen molar-refractivity contribution in [2.75, 3.05) is 13.2 Å². The van der Waals surface area contributed by atoms with Crippen molar-refractivity contribution in [1.29, 1.82) is 0 Å². The number of nitrogens with one attached hydrogen (secondary N) is 1. The Kier molecular flexibility index (Phi) is 5.97. The van der Waals surface area contributed by atoms with Gasteiger partial charge in [0.2, 0.25) is 0 Å². The van der Waals surface area contributed by atoms with E-state index < -0.39 is 0 Å². The topological polar surface area (TPSA) is 34.4 Å². The predicted molar refractivity (Wildman–Crippen MR) is 86.5 cm³/mol. The lowest BCUT2D eigenvalue weighted by atomic mass is 10.0. The largest absolute Gasteiger partial charge is 0.492 e. The van der Waals surface area contributed by atoms with Gasteiger partial charge in [-0.1, -0.05) is 30.1 Å². The predicted octanol–water partition coefficient (Wildman–Crippen LogP) is 5.07. The van der Waals surface area contributed by atoms with E-state index in [1.807, 2.05) is 19.1 Å². The maximum Gasteiger partial charge on any atom is 0.139 e. The normalized spacial score (nSPS) is 12.4. The summed E-state index contributed by atoms with van der Waals surface area (Å²) < 4.78 is 10.7. The molecule has 1 aromatic carbocycles. The summed E-state index contributed by atoms with van der Waals surface area (Å²) in [6.07, 6.45) is 4.39. The van der Waals surface area contributed by atoms with Gasteiger partial charge in [-0.3, -0.25) is 0 Å². The third-order valence-corrected chi connectivity index (χ3v) is 3.76. The van der Waals surface area contributed by atoms with Crippen molar-refractivity contribution >= 4 is 23.2 Å².